The Hall–Kier alpha value is -1.23. The van der Waals surface area contributed by atoms with Crippen LogP contribution < -0.4 is 0 Å². The molecule has 2 fully saturated rings. The van der Waals surface area contributed by atoms with Crippen LogP contribution in [0.4, 0.5) is 0 Å². The van der Waals surface area contributed by atoms with Gasteiger partial charge in [-0.3, -0.25) is 14.8 Å². The molecule has 0 N–H and O–H groups in total. The molecule has 2 saturated heterocycles. The number of likely N-dealkylation sites (tertiary alicyclic amines) is 2. The summed E-state index contributed by atoms with van der Waals surface area (Å²) in [4.78, 5) is 12.8. The molecule has 0 radical (unpaired) electrons. The molecule has 1 atom stereocenters. The fourth-order valence-corrected chi connectivity index (χ4v) is 5.38. The summed E-state index contributed by atoms with van der Waals surface area (Å²) in [5.74, 6) is 0. The van der Waals surface area contributed by atoms with Crippen LogP contribution in [-0.4, -0.2) is 41.0 Å². The van der Waals surface area contributed by atoms with Crippen molar-refractivity contribution in [2.75, 3.05) is 26.2 Å². The first-order chi connectivity index (χ1) is 11.7. The minimum atomic E-state index is 0.513. The van der Waals surface area contributed by atoms with Crippen molar-refractivity contribution < 1.29 is 0 Å². The van der Waals surface area contributed by atoms with Crippen LogP contribution in [0.1, 0.15) is 34.7 Å². The van der Waals surface area contributed by atoms with Gasteiger partial charge in [-0.2, -0.15) is 0 Å². The van der Waals surface area contributed by atoms with E-state index in [1.165, 1.54) is 60.9 Å². The highest BCUT2D eigenvalue weighted by Gasteiger charge is 2.41. The zero-order chi connectivity index (χ0) is 16.4. The van der Waals surface area contributed by atoms with Crippen LogP contribution >= 0.6 is 11.3 Å². The summed E-state index contributed by atoms with van der Waals surface area (Å²) < 4.78 is 0. The molecule has 2 aliphatic heterocycles. The van der Waals surface area contributed by atoms with Crippen molar-refractivity contribution in [1.82, 2.24) is 14.8 Å². The molecule has 0 saturated carbocycles. The van der Waals surface area contributed by atoms with Gasteiger partial charge >= 0.3 is 0 Å². The number of rotatable bonds is 4. The third-order valence-electron chi connectivity index (χ3n) is 5.55. The third-order valence-corrected chi connectivity index (χ3v) is 6.53. The molecule has 1 unspecified atom stereocenters. The smallest absolute Gasteiger partial charge is 0.0543 e. The quantitative estimate of drug-likeness (QED) is 0.840. The molecular weight excluding hydrogens is 314 g/mol. The Kier molecular flexibility index (Phi) is 4.70. The molecule has 0 aliphatic carbocycles. The second-order valence-corrected chi connectivity index (χ2v) is 8.98. The van der Waals surface area contributed by atoms with Gasteiger partial charge in [-0.15, -0.1) is 11.3 Å². The number of pyridine rings is 1. The predicted molar refractivity (Wildman–Crippen MR) is 100 cm³/mol. The number of hydrogen-bond acceptors (Lipinski definition) is 4. The van der Waals surface area contributed by atoms with Crippen molar-refractivity contribution >= 4 is 11.3 Å². The average molecular weight is 342 g/mol. The Bertz CT molecular complexity index is 669. The number of hydrogen-bond donors (Lipinski definition) is 0. The summed E-state index contributed by atoms with van der Waals surface area (Å²) in [5.41, 5.74) is 1.72. The number of nitrogens with zero attached hydrogens (tertiary/aromatic N) is 3. The van der Waals surface area contributed by atoms with Gasteiger partial charge in [-0.25, -0.2) is 0 Å². The molecular formula is C20H27N3S. The third kappa shape index (κ3) is 3.71. The average Bonchev–Trinajstić information content (AvgIpc) is 3.15. The summed E-state index contributed by atoms with van der Waals surface area (Å²) >= 11 is 1.95. The molecule has 0 amide bonds. The van der Waals surface area contributed by atoms with Gasteiger partial charge in [0.05, 0.1) is 5.69 Å². The Balaban J connectivity index is 1.36. The summed E-state index contributed by atoms with van der Waals surface area (Å²) in [6.45, 7) is 9.34. The predicted octanol–water partition coefficient (Wildman–Crippen LogP) is 3.94. The normalized spacial score (nSPS) is 25.5. The summed E-state index contributed by atoms with van der Waals surface area (Å²) in [5, 5.41) is 0. The van der Waals surface area contributed by atoms with Crippen molar-refractivity contribution in [3.8, 4) is 0 Å². The minimum Gasteiger partial charge on any atom is -0.298 e. The lowest BCUT2D eigenvalue weighted by atomic mass is 9.79. The molecule has 2 aromatic heterocycles. The van der Waals surface area contributed by atoms with Crippen LogP contribution in [-0.2, 0) is 13.1 Å². The maximum atomic E-state index is 4.51. The van der Waals surface area contributed by atoms with E-state index < -0.39 is 0 Å². The van der Waals surface area contributed by atoms with Gasteiger partial charge in [-0.1, -0.05) is 6.07 Å². The van der Waals surface area contributed by atoms with Gasteiger partial charge < -0.3 is 0 Å². The summed E-state index contributed by atoms with van der Waals surface area (Å²) in [7, 11) is 0. The highest BCUT2D eigenvalue weighted by molar-refractivity contribution is 7.11. The van der Waals surface area contributed by atoms with E-state index in [2.05, 4.69) is 46.0 Å². The molecule has 4 rings (SSSR count). The van der Waals surface area contributed by atoms with Crippen molar-refractivity contribution in [2.24, 2.45) is 5.41 Å². The van der Waals surface area contributed by atoms with Crippen LogP contribution in [0.15, 0.2) is 36.5 Å². The first-order valence-electron chi connectivity index (χ1n) is 9.11. The molecule has 4 heterocycles. The Labute approximate surface area is 149 Å². The van der Waals surface area contributed by atoms with Crippen LogP contribution in [0.3, 0.4) is 0 Å². The van der Waals surface area contributed by atoms with Gasteiger partial charge in [0.25, 0.3) is 0 Å². The lowest BCUT2D eigenvalue weighted by Crippen LogP contribution is -2.44. The van der Waals surface area contributed by atoms with Gasteiger partial charge in [0.15, 0.2) is 0 Å². The molecule has 0 aromatic carbocycles. The zero-order valence-electron chi connectivity index (χ0n) is 14.6. The Morgan fingerprint density at radius 2 is 1.92 bits per heavy atom. The van der Waals surface area contributed by atoms with Gasteiger partial charge in [-0.05, 0) is 69.0 Å². The minimum absolute atomic E-state index is 0.513. The second-order valence-electron chi connectivity index (χ2n) is 7.61. The van der Waals surface area contributed by atoms with Gasteiger partial charge in [0.1, 0.15) is 0 Å². The molecule has 128 valence electrons. The molecule has 3 nitrogen and oxygen atoms in total. The molecule has 4 heteroatoms. The molecule has 24 heavy (non-hydrogen) atoms. The van der Waals surface area contributed by atoms with Crippen LogP contribution in [0.25, 0.3) is 0 Å². The van der Waals surface area contributed by atoms with E-state index in [1.54, 1.807) is 0 Å². The van der Waals surface area contributed by atoms with E-state index in [-0.39, 0.29) is 0 Å². The van der Waals surface area contributed by atoms with Crippen molar-refractivity contribution in [2.45, 2.75) is 39.3 Å². The van der Waals surface area contributed by atoms with Crippen LogP contribution in [0.2, 0.25) is 0 Å². The van der Waals surface area contributed by atoms with Gasteiger partial charge in [0.2, 0.25) is 0 Å². The van der Waals surface area contributed by atoms with E-state index in [0.717, 1.165) is 13.1 Å². The fraction of sp³-hybridized carbons (Fsp3) is 0.550. The monoisotopic (exact) mass is 341 g/mol. The van der Waals surface area contributed by atoms with Crippen molar-refractivity contribution in [3.05, 3.63) is 52.0 Å². The largest absolute Gasteiger partial charge is 0.298 e. The highest BCUT2D eigenvalue weighted by Crippen LogP contribution is 2.40. The standard InChI is InChI=1S/C20H27N3S/c1-17-6-7-19(24-17)14-23-12-9-20(16-23)8-4-11-22(15-20)13-18-5-2-3-10-21-18/h2-3,5-7,10H,4,8-9,11-16H2,1H3. The van der Waals surface area contributed by atoms with E-state index in [0.29, 0.717) is 5.41 Å². The Morgan fingerprint density at radius 1 is 1.04 bits per heavy atom. The van der Waals surface area contributed by atoms with Gasteiger partial charge in [0, 0.05) is 42.1 Å². The number of thiophene rings is 1. The highest BCUT2D eigenvalue weighted by atomic mass is 32.1. The molecule has 0 bridgehead atoms. The first kappa shape index (κ1) is 16.2. The topological polar surface area (TPSA) is 19.4 Å². The van der Waals surface area contributed by atoms with Crippen LogP contribution in [0.5, 0.6) is 0 Å². The van der Waals surface area contributed by atoms with Crippen LogP contribution in [0, 0.1) is 12.3 Å². The maximum Gasteiger partial charge on any atom is 0.0543 e. The Morgan fingerprint density at radius 3 is 2.67 bits per heavy atom. The van der Waals surface area contributed by atoms with Crippen molar-refractivity contribution in [3.63, 3.8) is 0 Å². The SMILES string of the molecule is Cc1ccc(CN2CCC3(CCCN(Cc4ccccn4)C3)C2)s1. The lowest BCUT2D eigenvalue weighted by molar-refractivity contribution is 0.0858. The van der Waals surface area contributed by atoms with Crippen molar-refractivity contribution in [1.29, 1.82) is 0 Å². The maximum absolute atomic E-state index is 4.51. The van der Waals surface area contributed by atoms with E-state index >= 15 is 0 Å². The fourth-order valence-electron chi connectivity index (χ4n) is 4.45. The first-order valence-corrected chi connectivity index (χ1v) is 9.92. The number of piperidine rings is 1. The van der Waals surface area contributed by atoms with E-state index in [4.69, 9.17) is 0 Å². The molecule has 2 aliphatic rings. The lowest BCUT2D eigenvalue weighted by Gasteiger charge is -2.40. The van der Waals surface area contributed by atoms with E-state index in [1.807, 2.05) is 23.6 Å². The van der Waals surface area contributed by atoms with E-state index in [9.17, 15) is 0 Å². The second kappa shape index (κ2) is 6.95. The zero-order valence-corrected chi connectivity index (χ0v) is 15.4. The summed E-state index contributed by atoms with van der Waals surface area (Å²) in [6, 6.07) is 10.8. The molecule has 2 aromatic rings. The number of aryl methyl sites for hydroxylation is 1. The summed E-state index contributed by atoms with van der Waals surface area (Å²) in [6.07, 6.45) is 6.00. The number of aromatic nitrogens is 1. The molecule has 1 spiro atoms.